The fourth-order valence-electron chi connectivity index (χ4n) is 5.15. The quantitative estimate of drug-likeness (QED) is 0.773. The van der Waals surface area contributed by atoms with Crippen molar-refractivity contribution in [2.75, 3.05) is 6.54 Å². The predicted octanol–water partition coefficient (Wildman–Crippen LogP) is 3.99. The van der Waals surface area contributed by atoms with Gasteiger partial charge < -0.3 is 5.32 Å². The molecule has 3 fully saturated rings. The zero-order valence-electron chi connectivity index (χ0n) is 11.5. The van der Waals surface area contributed by atoms with E-state index in [0.717, 1.165) is 30.2 Å². The van der Waals surface area contributed by atoms with Crippen LogP contribution < -0.4 is 5.32 Å². The summed E-state index contributed by atoms with van der Waals surface area (Å²) in [4.78, 5) is 0. The zero-order valence-corrected chi connectivity index (χ0v) is 11.5. The number of halogens is 3. The number of rotatable bonds is 6. The van der Waals surface area contributed by atoms with Crippen LogP contribution in [0.5, 0.6) is 0 Å². The molecule has 0 aromatic carbocycles. The van der Waals surface area contributed by atoms with Crippen LogP contribution in [-0.4, -0.2) is 18.8 Å². The first-order valence-electron chi connectivity index (χ1n) is 7.81. The third kappa shape index (κ3) is 2.65. The minimum absolute atomic E-state index is 0.284. The Hall–Kier alpha value is -0.250. The third-order valence-corrected chi connectivity index (χ3v) is 5.70. The molecule has 3 aliphatic carbocycles. The van der Waals surface area contributed by atoms with E-state index in [4.69, 9.17) is 0 Å². The van der Waals surface area contributed by atoms with Gasteiger partial charge in [0.1, 0.15) is 0 Å². The van der Waals surface area contributed by atoms with Crippen LogP contribution in [0.2, 0.25) is 0 Å². The van der Waals surface area contributed by atoms with E-state index in [-0.39, 0.29) is 6.42 Å². The van der Waals surface area contributed by atoms with Gasteiger partial charge in [0.25, 0.3) is 0 Å². The first-order valence-corrected chi connectivity index (χ1v) is 7.81. The van der Waals surface area contributed by atoms with Gasteiger partial charge in [-0.2, -0.15) is 13.2 Å². The van der Waals surface area contributed by atoms with Gasteiger partial charge in [-0.15, -0.1) is 0 Å². The SMILES string of the molecule is CCNC(CCCC(F)(F)F)C1C2C3CCC(C3)C21. The molecule has 3 aliphatic rings. The molecule has 110 valence electrons. The van der Waals surface area contributed by atoms with Crippen molar-refractivity contribution in [1.82, 2.24) is 5.32 Å². The van der Waals surface area contributed by atoms with Crippen molar-refractivity contribution in [2.24, 2.45) is 29.6 Å². The highest BCUT2D eigenvalue weighted by Crippen LogP contribution is 2.70. The maximum Gasteiger partial charge on any atom is 0.389 e. The molecule has 19 heavy (non-hydrogen) atoms. The van der Waals surface area contributed by atoms with Gasteiger partial charge in [-0.25, -0.2) is 0 Å². The Morgan fingerprint density at radius 3 is 2.32 bits per heavy atom. The average molecular weight is 275 g/mol. The third-order valence-electron chi connectivity index (χ3n) is 5.70. The topological polar surface area (TPSA) is 12.0 Å². The molecule has 1 N–H and O–H groups in total. The van der Waals surface area contributed by atoms with Crippen LogP contribution in [0.1, 0.15) is 45.4 Å². The lowest BCUT2D eigenvalue weighted by atomic mass is 9.94. The van der Waals surface area contributed by atoms with Crippen LogP contribution in [0.4, 0.5) is 13.2 Å². The van der Waals surface area contributed by atoms with Crippen molar-refractivity contribution in [1.29, 1.82) is 0 Å². The largest absolute Gasteiger partial charge is 0.389 e. The Morgan fingerprint density at radius 1 is 1.16 bits per heavy atom. The Balaban J connectivity index is 1.52. The summed E-state index contributed by atoms with van der Waals surface area (Å²) in [6, 6.07) is 0.339. The predicted molar refractivity (Wildman–Crippen MR) is 68.7 cm³/mol. The van der Waals surface area contributed by atoms with Crippen molar-refractivity contribution < 1.29 is 13.2 Å². The highest BCUT2D eigenvalue weighted by molar-refractivity contribution is 5.15. The van der Waals surface area contributed by atoms with E-state index < -0.39 is 12.6 Å². The van der Waals surface area contributed by atoms with Gasteiger partial charge in [-0.3, -0.25) is 0 Å². The molecule has 3 rings (SSSR count). The first kappa shape index (κ1) is 13.7. The summed E-state index contributed by atoms with van der Waals surface area (Å²) in [6.45, 7) is 2.94. The normalized spacial score (nSPS) is 41.4. The minimum atomic E-state index is -3.99. The second-order valence-electron chi connectivity index (χ2n) is 6.74. The molecule has 0 aromatic heterocycles. The first-order chi connectivity index (χ1) is 9.01. The average Bonchev–Trinajstić information content (AvgIpc) is 2.74. The number of alkyl halides is 3. The van der Waals surface area contributed by atoms with E-state index in [1.54, 1.807) is 0 Å². The summed E-state index contributed by atoms with van der Waals surface area (Å²) in [5.74, 6) is 4.22. The van der Waals surface area contributed by atoms with Gasteiger partial charge in [0, 0.05) is 12.5 Å². The van der Waals surface area contributed by atoms with E-state index in [1.165, 1.54) is 19.3 Å². The van der Waals surface area contributed by atoms with Crippen LogP contribution in [0.3, 0.4) is 0 Å². The van der Waals surface area contributed by atoms with E-state index >= 15 is 0 Å². The maximum absolute atomic E-state index is 12.3. The molecule has 0 aliphatic heterocycles. The number of hydrogen-bond acceptors (Lipinski definition) is 1. The molecular weight excluding hydrogens is 251 g/mol. The van der Waals surface area contributed by atoms with Crippen molar-refractivity contribution in [3.8, 4) is 0 Å². The van der Waals surface area contributed by atoms with Gasteiger partial charge in [0.2, 0.25) is 0 Å². The standard InChI is InChI=1S/C15H24F3N/c1-2-19-11(4-3-7-15(16,17)18)14-12-9-5-6-10(8-9)13(12)14/h9-14,19H,2-8H2,1H3. The van der Waals surface area contributed by atoms with Crippen molar-refractivity contribution in [3.63, 3.8) is 0 Å². The smallest absolute Gasteiger partial charge is 0.314 e. The summed E-state index contributed by atoms with van der Waals surface area (Å²) in [7, 11) is 0. The number of hydrogen-bond donors (Lipinski definition) is 1. The Bertz CT molecular complexity index is 312. The number of nitrogens with one attached hydrogen (secondary N) is 1. The molecule has 5 unspecified atom stereocenters. The molecule has 0 aromatic rings. The molecule has 2 bridgehead atoms. The summed E-state index contributed by atoms with van der Waals surface area (Å²) >= 11 is 0. The van der Waals surface area contributed by atoms with Gasteiger partial charge in [0.15, 0.2) is 0 Å². The molecule has 4 heteroatoms. The molecule has 3 saturated carbocycles. The maximum atomic E-state index is 12.3. The fourth-order valence-corrected chi connectivity index (χ4v) is 5.15. The highest BCUT2D eigenvalue weighted by atomic mass is 19.4. The van der Waals surface area contributed by atoms with E-state index in [9.17, 15) is 13.2 Å². The lowest BCUT2D eigenvalue weighted by Crippen LogP contribution is -2.33. The highest BCUT2D eigenvalue weighted by Gasteiger charge is 2.66. The minimum Gasteiger partial charge on any atom is -0.314 e. The Kier molecular flexibility index (Phi) is 3.57. The van der Waals surface area contributed by atoms with Gasteiger partial charge >= 0.3 is 6.18 Å². The molecule has 0 amide bonds. The molecule has 1 nitrogen and oxygen atoms in total. The molecule has 0 radical (unpaired) electrons. The van der Waals surface area contributed by atoms with Crippen molar-refractivity contribution >= 4 is 0 Å². The summed E-state index contributed by atoms with van der Waals surface area (Å²) in [6.07, 6.45) is 0.538. The van der Waals surface area contributed by atoms with Gasteiger partial charge in [-0.05, 0) is 68.2 Å². The summed E-state index contributed by atoms with van der Waals surface area (Å²) < 4.78 is 36.8. The van der Waals surface area contributed by atoms with E-state index in [0.29, 0.717) is 18.4 Å². The second-order valence-corrected chi connectivity index (χ2v) is 6.74. The van der Waals surface area contributed by atoms with Gasteiger partial charge in [-0.1, -0.05) is 6.92 Å². The van der Waals surface area contributed by atoms with Crippen LogP contribution in [0.15, 0.2) is 0 Å². The Morgan fingerprint density at radius 2 is 1.79 bits per heavy atom. The molecule has 0 spiro atoms. The summed E-state index contributed by atoms with van der Waals surface area (Å²) in [5, 5.41) is 3.46. The van der Waals surface area contributed by atoms with Crippen LogP contribution in [0, 0.1) is 29.6 Å². The lowest BCUT2D eigenvalue weighted by Gasteiger charge is -2.21. The van der Waals surface area contributed by atoms with Crippen LogP contribution in [-0.2, 0) is 0 Å². The molecule has 0 saturated heterocycles. The molecule has 0 heterocycles. The zero-order chi connectivity index (χ0) is 13.6. The van der Waals surface area contributed by atoms with E-state index in [2.05, 4.69) is 12.2 Å². The van der Waals surface area contributed by atoms with E-state index in [1.807, 2.05) is 0 Å². The summed E-state index contributed by atoms with van der Waals surface area (Å²) in [5.41, 5.74) is 0. The van der Waals surface area contributed by atoms with Crippen molar-refractivity contribution in [2.45, 2.75) is 57.7 Å². The van der Waals surface area contributed by atoms with Crippen LogP contribution >= 0.6 is 0 Å². The Labute approximate surface area is 113 Å². The second kappa shape index (κ2) is 4.94. The lowest BCUT2D eigenvalue weighted by molar-refractivity contribution is -0.135. The number of fused-ring (bicyclic) bond motifs is 5. The monoisotopic (exact) mass is 275 g/mol. The molecule has 5 atom stereocenters. The van der Waals surface area contributed by atoms with Crippen molar-refractivity contribution in [3.05, 3.63) is 0 Å². The van der Waals surface area contributed by atoms with Crippen LogP contribution in [0.25, 0.3) is 0 Å². The fraction of sp³-hybridized carbons (Fsp3) is 1.00. The molecular formula is C15H24F3N. The van der Waals surface area contributed by atoms with Gasteiger partial charge in [0.05, 0.1) is 0 Å².